The van der Waals surface area contributed by atoms with E-state index >= 15 is 0 Å². The summed E-state index contributed by atoms with van der Waals surface area (Å²) in [7, 11) is 0. The minimum atomic E-state index is -0.117. The number of furan rings is 1. The summed E-state index contributed by atoms with van der Waals surface area (Å²) in [6, 6.07) is 3.92. The molecule has 1 aromatic heterocycles. The number of nitrogens with one attached hydrogen (secondary N) is 2. The molecule has 23 heavy (non-hydrogen) atoms. The lowest BCUT2D eigenvalue weighted by atomic mass is 9.97. The van der Waals surface area contributed by atoms with E-state index in [0.717, 1.165) is 24.8 Å². The molecule has 6 nitrogen and oxygen atoms in total. The van der Waals surface area contributed by atoms with Crippen LogP contribution in [0, 0.1) is 5.92 Å². The Kier molecular flexibility index (Phi) is 6.65. The van der Waals surface area contributed by atoms with E-state index in [2.05, 4.69) is 22.5 Å². The van der Waals surface area contributed by atoms with Crippen LogP contribution < -0.4 is 10.6 Å². The molecular weight excluding hydrogens is 294 g/mol. The molecule has 0 saturated carbocycles. The Hall–Kier alpha value is -1.82. The molecule has 0 radical (unpaired) electrons. The quantitative estimate of drug-likeness (QED) is 0.801. The van der Waals surface area contributed by atoms with Crippen LogP contribution in [0.2, 0.25) is 0 Å². The third kappa shape index (κ3) is 5.71. The maximum atomic E-state index is 11.9. The van der Waals surface area contributed by atoms with Crippen molar-refractivity contribution in [3.63, 3.8) is 0 Å². The maximum Gasteiger partial charge on any atom is 0.221 e. The minimum absolute atomic E-state index is 0.0549. The smallest absolute Gasteiger partial charge is 0.221 e. The highest BCUT2D eigenvalue weighted by Gasteiger charge is 2.26. The topological polar surface area (TPSA) is 74.6 Å². The summed E-state index contributed by atoms with van der Waals surface area (Å²) in [4.78, 5) is 25.1. The van der Waals surface area contributed by atoms with Crippen molar-refractivity contribution in [2.75, 3.05) is 26.2 Å². The number of hydrogen-bond donors (Lipinski definition) is 2. The van der Waals surface area contributed by atoms with Crippen molar-refractivity contribution in [3.05, 3.63) is 24.2 Å². The van der Waals surface area contributed by atoms with Gasteiger partial charge >= 0.3 is 0 Å². The molecule has 1 saturated heterocycles. The van der Waals surface area contributed by atoms with Crippen molar-refractivity contribution in [1.29, 1.82) is 0 Å². The van der Waals surface area contributed by atoms with Gasteiger partial charge in [0.25, 0.3) is 0 Å². The van der Waals surface area contributed by atoms with Gasteiger partial charge in [0.05, 0.1) is 12.3 Å². The fourth-order valence-corrected chi connectivity index (χ4v) is 2.88. The van der Waals surface area contributed by atoms with Gasteiger partial charge in [0.15, 0.2) is 0 Å². The highest BCUT2D eigenvalue weighted by atomic mass is 16.3. The molecule has 2 amide bonds. The third-order valence-electron chi connectivity index (χ3n) is 4.35. The second-order valence-electron chi connectivity index (χ2n) is 6.29. The number of nitrogens with zero attached hydrogens (tertiary/aromatic N) is 1. The molecule has 0 aliphatic carbocycles. The molecule has 1 unspecified atom stereocenters. The lowest BCUT2D eigenvalue weighted by molar-refractivity contribution is -0.121. The standard InChI is InChI=1S/C17H27N3O3/c1-13-6-9-20(10-7-13)15(16-4-3-11-23-16)12-19-17(22)5-8-18-14(2)21/h3-4,11,13,15H,5-10,12H2,1-2H3,(H,18,21)(H,19,22). The van der Waals surface area contributed by atoms with Crippen LogP contribution in [-0.2, 0) is 9.59 Å². The number of likely N-dealkylation sites (tertiary alicyclic amines) is 1. The van der Waals surface area contributed by atoms with Crippen molar-refractivity contribution in [2.24, 2.45) is 5.92 Å². The second-order valence-corrected chi connectivity index (χ2v) is 6.29. The van der Waals surface area contributed by atoms with E-state index in [4.69, 9.17) is 4.42 Å². The minimum Gasteiger partial charge on any atom is -0.468 e. The van der Waals surface area contributed by atoms with Gasteiger partial charge in [-0.2, -0.15) is 0 Å². The lowest BCUT2D eigenvalue weighted by Gasteiger charge is -2.35. The van der Waals surface area contributed by atoms with E-state index in [0.29, 0.717) is 19.5 Å². The fraction of sp³-hybridized carbons (Fsp3) is 0.647. The first-order valence-electron chi connectivity index (χ1n) is 8.35. The molecule has 1 atom stereocenters. The molecule has 2 heterocycles. The highest BCUT2D eigenvalue weighted by molar-refractivity contribution is 5.77. The monoisotopic (exact) mass is 321 g/mol. The van der Waals surface area contributed by atoms with Crippen LogP contribution in [0.3, 0.4) is 0 Å². The van der Waals surface area contributed by atoms with Gasteiger partial charge in [0.1, 0.15) is 5.76 Å². The van der Waals surface area contributed by atoms with Gasteiger partial charge in [0.2, 0.25) is 11.8 Å². The largest absolute Gasteiger partial charge is 0.468 e. The van der Waals surface area contributed by atoms with Crippen LogP contribution in [0.15, 0.2) is 22.8 Å². The van der Waals surface area contributed by atoms with Crippen LogP contribution in [0.25, 0.3) is 0 Å². The Labute approximate surface area is 137 Å². The Balaban J connectivity index is 1.86. The first-order valence-corrected chi connectivity index (χ1v) is 8.35. The molecule has 1 aliphatic heterocycles. The number of amides is 2. The van der Waals surface area contributed by atoms with E-state index in [1.807, 2.05) is 12.1 Å². The summed E-state index contributed by atoms with van der Waals surface area (Å²) in [6.45, 7) is 6.67. The molecule has 0 spiro atoms. The van der Waals surface area contributed by atoms with E-state index in [-0.39, 0.29) is 17.9 Å². The van der Waals surface area contributed by atoms with Gasteiger partial charge in [-0.25, -0.2) is 0 Å². The number of carbonyl (C=O) groups is 2. The average molecular weight is 321 g/mol. The van der Waals surface area contributed by atoms with Crippen LogP contribution in [0.4, 0.5) is 0 Å². The molecule has 0 bridgehead atoms. The Morgan fingerprint density at radius 2 is 2.09 bits per heavy atom. The fourth-order valence-electron chi connectivity index (χ4n) is 2.88. The molecule has 128 valence electrons. The average Bonchev–Trinajstić information content (AvgIpc) is 3.03. The van der Waals surface area contributed by atoms with Gasteiger partial charge in [-0.3, -0.25) is 14.5 Å². The Morgan fingerprint density at radius 1 is 1.35 bits per heavy atom. The summed E-state index contributed by atoms with van der Waals surface area (Å²) >= 11 is 0. The van der Waals surface area contributed by atoms with Gasteiger partial charge in [-0.1, -0.05) is 6.92 Å². The van der Waals surface area contributed by atoms with E-state index in [1.54, 1.807) is 6.26 Å². The van der Waals surface area contributed by atoms with Gasteiger partial charge in [-0.15, -0.1) is 0 Å². The van der Waals surface area contributed by atoms with Gasteiger partial charge < -0.3 is 15.1 Å². The second kappa shape index (κ2) is 8.72. The zero-order chi connectivity index (χ0) is 16.7. The van der Waals surface area contributed by atoms with E-state index < -0.39 is 0 Å². The molecule has 1 aliphatic rings. The summed E-state index contributed by atoms with van der Waals surface area (Å²) in [6.07, 6.45) is 4.32. The molecular formula is C17H27N3O3. The Morgan fingerprint density at radius 3 is 2.70 bits per heavy atom. The zero-order valence-electron chi connectivity index (χ0n) is 14.0. The van der Waals surface area contributed by atoms with Crippen LogP contribution >= 0.6 is 0 Å². The van der Waals surface area contributed by atoms with Crippen LogP contribution in [-0.4, -0.2) is 42.9 Å². The molecule has 2 N–H and O–H groups in total. The highest BCUT2D eigenvalue weighted by Crippen LogP contribution is 2.26. The lowest BCUT2D eigenvalue weighted by Crippen LogP contribution is -2.42. The molecule has 0 aromatic carbocycles. The summed E-state index contributed by atoms with van der Waals surface area (Å²) < 4.78 is 5.57. The normalized spacial score (nSPS) is 17.7. The SMILES string of the molecule is CC(=O)NCCC(=O)NCC(c1ccco1)N1CCC(C)CC1. The van der Waals surface area contributed by atoms with Crippen molar-refractivity contribution >= 4 is 11.8 Å². The van der Waals surface area contributed by atoms with Crippen LogP contribution in [0.5, 0.6) is 0 Å². The third-order valence-corrected chi connectivity index (χ3v) is 4.35. The van der Waals surface area contributed by atoms with Gasteiger partial charge in [0, 0.05) is 26.4 Å². The molecule has 1 aromatic rings. The van der Waals surface area contributed by atoms with Crippen LogP contribution in [0.1, 0.15) is 44.9 Å². The van der Waals surface area contributed by atoms with Crippen molar-refractivity contribution in [1.82, 2.24) is 15.5 Å². The maximum absolute atomic E-state index is 11.9. The summed E-state index contributed by atoms with van der Waals surface area (Å²) in [5, 5.41) is 5.59. The van der Waals surface area contributed by atoms with Crippen molar-refractivity contribution in [3.8, 4) is 0 Å². The molecule has 1 fully saturated rings. The first kappa shape index (κ1) is 17.5. The zero-order valence-corrected chi connectivity index (χ0v) is 14.0. The number of piperidine rings is 1. The van der Waals surface area contributed by atoms with E-state index in [9.17, 15) is 9.59 Å². The Bertz CT molecular complexity index is 493. The number of rotatable bonds is 7. The molecule has 6 heteroatoms. The first-order chi connectivity index (χ1) is 11.1. The predicted octanol–water partition coefficient (Wildman–Crippen LogP) is 1.69. The molecule has 2 rings (SSSR count). The summed E-state index contributed by atoms with van der Waals surface area (Å²) in [5.74, 6) is 1.48. The van der Waals surface area contributed by atoms with Crippen molar-refractivity contribution < 1.29 is 14.0 Å². The van der Waals surface area contributed by atoms with Crippen molar-refractivity contribution in [2.45, 2.75) is 39.2 Å². The van der Waals surface area contributed by atoms with E-state index in [1.165, 1.54) is 19.8 Å². The predicted molar refractivity (Wildman–Crippen MR) is 87.7 cm³/mol. The number of carbonyl (C=O) groups excluding carboxylic acids is 2. The van der Waals surface area contributed by atoms with Gasteiger partial charge in [-0.05, 0) is 44.0 Å². The summed E-state index contributed by atoms with van der Waals surface area (Å²) in [5.41, 5.74) is 0. The number of hydrogen-bond acceptors (Lipinski definition) is 4.